The lowest BCUT2D eigenvalue weighted by Gasteiger charge is -2.16. The highest BCUT2D eigenvalue weighted by Crippen LogP contribution is 1.89. The van der Waals surface area contributed by atoms with Gasteiger partial charge in [0.2, 0.25) is 5.91 Å². The Labute approximate surface area is 106 Å². The Morgan fingerprint density at radius 1 is 1.00 bits per heavy atom. The van der Waals surface area contributed by atoms with Gasteiger partial charge in [0.15, 0.2) is 0 Å². The third-order valence-corrected chi connectivity index (χ3v) is 2.14. The van der Waals surface area contributed by atoms with Crippen molar-refractivity contribution in [2.24, 2.45) is 5.92 Å². The average molecular weight is 259 g/mol. The molecule has 4 N–H and O–H groups in total. The molecule has 1 unspecified atom stereocenters. The fourth-order valence-electron chi connectivity index (χ4n) is 1.02. The monoisotopic (exact) mass is 259 g/mol. The maximum atomic E-state index is 11.5. The van der Waals surface area contributed by atoms with Crippen molar-refractivity contribution in [1.82, 2.24) is 16.0 Å². The van der Waals surface area contributed by atoms with Crippen LogP contribution in [0, 0.1) is 5.92 Å². The first-order chi connectivity index (χ1) is 8.23. The minimum Gasteiger partial charge on any atom is -0.480 e. The van der Waals surface area contributed by atoms with Gasteiger partial charge < -0.3 is 21.1 Å². The van der Waals surface area contributed by atoms with Gasteiger partial charge in [-0.2, -0.15) is 0 Å². The number of hydrogen-bond acceptors (Lipinski definition) is 3. The quantitative estimate of drug-likeness (QED) is 0.535. The largest absolute Gasteiger partial charge is 0.480 e. The van der Waals surface area contributed by atoms with Gasteiger partial charge in [-0.25, -0.2) is 4.79 Å². The fraction of sp³-hybridized carbons (Fsp3) is 0.727. The van der Waals surface area contributed by atoms with Crippen molar-refractivity contribution in [1.29, 1.82) is 0 Å². The van der Waals surface area contributed by atoms with E-state index in [1.807, 2.05) is 13.8 Å². The smallest absolute Gasteiger partial charge is 0.325 e. The summed E-state index contributed by atoms with van der Waals surface area (Å²) in [5, 5.41) is 15.8. The normalized spacial score (nSPS) is 13.6. The zero-order valence-electron chi connectivity index (χ0n) is 11.1. The van der Waals surface area contributed by atoms with Crippen LogP contribution in [-0.2, 0) is 9.59 Å². The number of carbonyl (C=O) groups excluding carboxylic acids is 2. The van der Waals surface area contributed by atoms with Crippen LogP contribution in [0.5, 0.6) is 0 Å². The average Bonchev–Trinajstić information content (AvgIpc) is 2.24. The van der Waals surface area contributed by atoms with Crippen molar-refractivity contribution in [3.05, 3.63) is 0 Å². The zero-order chi connectivity index (χ0) is 14.3. The first kappa shape index (κ1) is 16.2. The molecule has 0 fully saturated rings. The van der Waals surface area contributed by atoms with E-state index in [9.17, 15) is 14.4 Å². The Morgan fingerprint density at radius 2 is 1.50 bits per heavy atom. The highest BCUT2D eigenvalue weighted by molar-refractivity contribution is 5.88. The van der Waals surface area contributed by atoms with Crippen LogP contribution in [0.2, 0.25) is 0 Å². The third kappa shape index (κ3) is 6.72. The van der Waals surface area contributed by atoms with Gasteiger partial charge in [0.1, 0.15) is 12.1 Å². The minimum atomic E-state index is -1.14. The summed E-state index contributed by atoms with van der Waals surface area (Å²) < 4.78 is 0. The molecule has 0 spiro atoms. The van der Waals surface area contributed by atoms with Crippen LogP contribution >= 0.6 is 0 Å². The van der Waals surface area contributed by atoms with Crippen molar-refractivity contribution >= 4 is 17.9 Å². The SMILES string of the molecule is CC(C)CNC(=O)C(C)NC(=O)N[C@H](C)C(=O)O. The van der Waals surface area contributed by atoms with E-state index >= 15 is 0 Å². The second kappa shape index (κ2) is 7.52. The Hall–Kier alpha value is -1.79. The Balaban J connectivity index is 4.07. The lowest BCUT2D eigenvalue weighted by molar-refractivity contribution is -0.138. The summed E-state index contributed by atoms with van der Waals surface area (Å²) in [6.07, 6.45) is 0. The van der Waals surface area contributed by atoms with Gasteiger partial charge >= 0.3 is 12.0 Å². The van der Waals surface area contributed by atoms with E-state index < -0.39 is 24.1 Å². The standard InChI is InChI=1S/C11H21N3O4/c1-6(2)5-12-9(15)7(3)13-11(18)14-8(4)10(16)17/h6-8H,5H2,1-4H3,(H,12,15)(H,16,17)(H2,13,14,18)/t7?,8-/m1/s1. The minimum absolute atomic E-state index is 0.304. The second-order valence-electron chi connectivity index (χ2n) is 4.54. The number of carbonyl (C=O) groups is 3. The highest BCUT2D eigenvalue weighted by Gasteiger charge is 2.18. The molecule has 7 nitrogen and oxygen atoms in total. The maximum Gasteiger partial charge on any atom is 0.325 e. The van der Waals surface area contributed by atoms with Gasteiger partial charge in [-0.05, 0) is 19.8 Å². The Morgan fingerprint density at radius 3 is 1.94 bits per heavy atom. The number of rotatable bonds is 6. The van der Waals surface area contributed by atoms with Crippen molar-refractivity contribution in [2.45, 2.75) is 39.8 Å². The lowest BCUT2D eigenvalue weighted by Crippen LogP contribution is -2.51. The van der Waals surface area contributed by atoms with E-state index in [1.165, 1.54) is 13.8 Å². The van der Waals surface area contributed by atoms with Crippen molar-refractivity contribution < 1.29 is 19.5 Å². The molecule has 0 heterocycles. The predicted octanol–water partition coefficient (Wildman–Crippen LogP) is -0.0806. The number of carboxylic acid groups (broad SMARTS) is 1. The lowest BCUT2D eigenvalue weighted by atomic mass is 10.2. The molecule has 0 aliphatic heterocycles. The molecule has 2 atom stereocenters. The molecule has 0 saturated heterocycles. The van der Waals surface area contributed by atoms with E-state index in [1.54, 1.807) is 0 Å². The molecule has 18 heavy (non-hydrogen) atoms. The van der Waals surface area contributed by atoms with Crippen molar-refractivity contribution in [3.8, 4) is 0 Å². The fourth-order valence-corrected chi connectivity index (χ4v) is 1.02. The zero-order valence-corrected chi connectivity index (χ0v) is 11.1. The number of aliphatic carboxylic acids is 1. The van der Waals surface area contributed by atoms with Crippen molar-refractivity contribution in [3.63, 3.8) is 0 Å². The third-order valence-electron chi connectivity index (χ3n) is 2.14. The first-order valence-electron chi connectivity index (χ1n) is 5.81. The Bertz CT molecular complexity index is 317. The predicted molar refractivity (Wildman–Crippen MR) is 66.1 cm³/mol. The van der Waals surface area contributed by atoms with E-state index in [2.05, 4.69) is 16.0 Å². The summed E-state index contributed by atoms with van der Waals surface area (Å²) in [6, 6.07) is -2.40. The van der Waals surface area contributed by atoms with Gasteiger partial charge in [-0.15, -0.1) is 0 Å². The van der Waals surface area contributed by atoms with Gasteiger partial charge in [0.25, 0.3) is 0 Å². The molecule has 0 saturated carbocycles. The van der Waals surface area contributed by atoms with Gasteiger partial charge in [0.05, 0.1) is 0 Å². The molecule has 0 rings (SSSR count). The van der Waals surface area contributed by atoms with Crippen LogP contribution in [-0.4, -0.2) is 41.6 Å². The molecule has 0 radical (unpaired) electrons. The van der Waals surface area contributed by atoms with Gasteiger partial charge in [0, 0.05) is 6.54 Å². The summed E-state index contributed by atoms with van der Waals surface area (Å²) in [4.78, 5) is 33.4. The summed E-state index contributed by atoms with van der Waals surface area (Å²) in [5.41, 5.74) is 0. The molecule has 104 valence electrons. The molecular weight excluding hydrogens is 238 g/mol. The van der Waals surface area contributed by atoms with Crippen LogP contribution in [0.25, 0.3) is 0 Å². The molecule has 0 aromatic carbocycles. The van der Waals surface area contributed by atoms with E-state index in [0.717, 1.165) is 0 Å². The van der Waals surface area contributed by atoms with E-state index in [4.69, 9.17) is 5.11 Å². The maximum absolute atomic E-state index is 11.5. The molecule has 0 aromatic rings. The van der Waals surface area contributed by atoms with Gasteiger partial charge in [-0.1, -0.05) is 13.8 Å². The highest BCUT2D eigenvalue weighted by atomic mass is 16.4. The van der Waals surface area contributed by atoms with Gasteiger partial charge in [-0.3, -0.25) is 9.59 Å². The Kier molecular flexibility index (Phi) is 6.77. The van der Waals surface area contributed by atoms with Crippen LogP contribution in [0.15, 0.2) is 0 Å². The van der Waals surface area contributed by atoms with Crippen molar-refractivity contribution in [2.75, 3.05) is 6.54 Å². The summed E-state index contributed by atoms with van der Waals surface area (Å²) in [6.45, 7) is 7.31. The number of urea groups is 1. The number of carboxylic acids is 1. The van der Waals surface area contributed by atoms with Crippen LogP contribution in [0.1, 0.15) is 27.7 Å². The summed E-state index contributed by atoms with van der Waals surface area (Å²) >= 11 is 0. The molecule has 0 aliphatic carbocycles. The topological polar surface area (TPSA) is 108 Å². The van der Waals surface area contributed by atoms with Crippen LogP contribution < -0.4 is 16.0 Å². The molecule has 0 bridgehead atoms. The number of hydrogen-bond donors (Lipinski definition) is 4. The van der Waals surface area contributed by atoms with E-state index in [0.29, 0.717) is 12.5 Å². The second-order valence-corrected chi connectivity index (χ2v) is 4.54. The molecule has 7 heteroatoms. The van der Waals surface area contributed by atoms with E-state index in [-0.39, 0.29) is 5.91 Å². The molecule has 3 amide bonds. The molecular formula is C11H21N3O4. The summed E-state index contributed by atoms with van der Waals surface area (Å²) in [7, 11) is 0. The number of amides is 3. The van der Waals surface area contributed by atoms with Crippen LogP contribution in [0.4, 0.5) is 4.79 Å². The van der Waals surface area contributed by atoms with Crippen LogP contribution in [0.3, 0.4) is 0 Å². The first-order valence-corrected chi connectivity index (χ1v) is 5.81. The summed E-state index contributed by atoms with van der Waals surface area (Å²) in [5.74, 6) is -1.12. The molecule has 0 aliphatic rings. The number of nitrogens with one attached hydrogen (secondary N) is 3. The molecule has 0 aromatic heterocycles.